The van der Waals surface area contributed by atoms with Crippen LogP contribution >= 0.6 is 0 Å². The van der Waals surface area contributed by atoms with Crippen LogP contribution < -0.4 is 11.1 Å². The Balaban J connectivity index is 1.92. The van der Waals surface area contributed by atoms with E-state index in [1.807, 2.05) is 25.1 Å². The Kier molecular flexibility index (Phi) is 4.20. The fraction of sp³-hybridized carbons (Fsp3) is 0.500. The summed E-state index contributed by atoms with van der Waals surface area (Å²) in [5.74, 6) is -0.0285. The molecule has 18 heavy (non-hydrogen) atoms. The quantitative estimate of drug-likeness (QED) is 0.808. The molecule has 0 bridgehead atoms. The third-order valence-corrected chi connectivity index (χ3v) is 3.17. The predicted octanol–water partition coefficient (Wildman–Crippen LogP) is 2.47. The monoisotopic (exact) mass is 248 g/mol. The van der Waals surface area contributed by atoms with Gasteiger partial charge in [0, 0.05) is 6.61 Å². The Labute approximate surface area is 108 Å². The number of anilines is 2. The van der Waals surface area contributed by atoms with Gasteiger partial charge in [-0.3, -0.25) is 4.79 Å². The summed E-state index contributed by atoms with van der Waals surface area (Å²) in [6.07, 6.45) is 3.68. The van der Waals surface area contributed by atoms with E-state index in [1.165, 1.54) is 0 Å². The van der Waals surface area contributed by atoms with Crippen LogP contribution in [-0.2, 0) is 9.53 Å². The summed E-state index contributed by atoms with van der Waals surface area (Å²) in [6.45, 7) is 2.74. The maximum Gasteiger partial charge on any atom is 0.227 e. The fourth-order valence-electron chi connectivity index (χ4n) is 2.15. The number of rotatable bonds is 3. The molecule has 1 saturated heterocycles. The fourth-order valence-corrected chi connectivity index (χ4v) is 2.15. The molecule has 1 fully saturated rings. The Morgan fingerprint density at radius 3 is 3.06 bits per heavy atom. The highest BCUT2D eigenvalue weighted by Gasteiger charge is 2.18. The van der Waals surface area contributed by atoms with Gasteiger partial charge in [0.1, 0.15) is 0 Å². The SMILES string of the molecule is Cc1ccc(N)c(NC(=O)CC2CCCCO2)c1. The number of nitrogens with two attached hydrogens (primary N) is 1. The van der Waals surface area contributed by atoms with Gasteiger partial charge in [-0.2, -0.15) is 0 Å². The molecule has 98 valence electrons. The summed E-state index contributed by atoms with van der Waals surface area (Å²) >= 11 is 0. The van der Waals surface area contributed by atoms with Gasteiger partial charge < -0.3 is 15.8 Å². The van der Waals surface area contributed by atoms with Crippen molar-refractivity contribution in [1.82, 2.24) is 0 Å². The van der Waals surface area contributed by atoms with E-state index < -0.39 is 0 Å². The van der Waals surface area contributed by atoms with E-state index in [0.717, 1.165) is 31.4 Å². The minimum atomic E-state index is -0.0285. The molecular weight excluding hydrogens is 228 g/mol. The van der Waals surface area contributed by atoms with Gasteiger partial charge in [0.15, 0.2) is 0 Å². The van der Waals surface area contributed by atoms with Crippen molar-refractivity contribution in [3.05, 3.63) is 23.8 Å². The van der Waals surface area contributed by atoms with Gasteiger partial charge in [0.2, 0.25) is 5.91 Å². The molecule has 1 aliphatic heterocycles. The third kappa shape index (κ3) is 3.47. The molecular formula is C14H20N2O2. The molecule has 2 rings (SSSR count). The van der Waals surface area contributed by atoms with E-state index in [1.54, 1.807) is 0 Å². The van der Waals surface area contributed by atoms with Crippen LogP contribution in [0.4, 0.5) is 11.4 Å². The molecule has 3 N–H and O–H groups in total. The number of ether oxygens (including phenoxy) is 1. The number of carbonyl (C=O) groups is 1. The maximum absolute atomic E-state index is 11.9. The first-order valence-corrected chi connectivity index (χ1v) is 6.43. The molecule has 0 saturated carbocycles. The van der Waals surface area contributed by atoms with Crippen molar-refractivity contribution in [2.45, 2.75) is 38.7 Å². The molecule has 1 heterocycles. The number of hydrogen-bond acceptors (Lipinski definition) is 3. The Bertz CT molecular complexity index is 426. The molecule has 4 heteroatoms. The van der Waals surface area contributed by atoms with Gasteiger partial charge in [0.05, 0.1) is 23.9 Å². The first-order chi connectivity index (χ1) is 8.65. The molecule has 1 amide bonds. The highest BCUT2D eigenvalue weighted by molar-refractivity contribution is 5.94. The first-order valence-electron chi connectivity index (χ1n) is 6.43. The Morgan fingerprint density at radius 1 is 1.50 bits per heavy atom. The highest BCUT2D eigenvalue weighted by atomic mass is 16.5. The average Bonchev–Trinajstić information content (AvgIpc) is 2.35. The molecule has 1 aliphatic rings. The zero-order valence-electron chi connectivity index (χ0n) is 10.7. The normalized spacial score (nSPS) is 19.5. The zero-order chi connectivity index (χ0) is 13.0. The molecule has 4 nitrogen and oxygen atoms in total. The van der Waals surface area contributed by atoms with Crippen LogP contribution in [0, 0.1) is 6.92 Å². The van der Waals surface area contributed by atoms with Gasteiger partial charge in [0.25, 0.3) is 0 Å². The smallest absolute Gasteiger partial charge is 0.227 e. The van der Waals surface area contributed by atoms with E-state index in [2.05, 4.69) is 5.32 Å². The number of nitrogens with one attached hydrogen (secondary N) is 1. The number of amides is 1. The predicted molar refractivity (Wildman–Crippen MR) is 72.4 cm³/mol. The van der Waals surface area contributed by atoms with Crippen LogP contribution in [0.1, 0.15) is 31.2 Å². The lowest BCUT2D eigenvalue weighted by molar-refractivity contribution is -0.119. The molecule has 1 aromatic rings. The summed E-state index contributed by atoms with van der Waals surface area (Å²) in [6, 6.07) is 5.62. The highest BCUT2D eigenvalue weighted by Crippen LogP contribution is 2.21. The van der Waals surface area contributed by atoms with Gasteiger partial charge in [-0.25, -0.2) is 0 Å². The van der Waals surface area contributed by atoms with Crippen LogP contribution in [0.3, 0.4) is 0 Å². The van der Waals surface area contributed by atoms with Crippen LogP contribution in [0.2, 0.25) is 0 Å². The molecule has 0 aromatic heterocycles. The summed E-state index contributed by atoms with van der Waals surface area (Å²) in [5, 5.41) is 2.85. The lowest BCUT2D eigenvalue weighted by atomic mass is 10.1. The lowest BCUT2D eigenvalue weighted by Crippen LogP contribution is -2.25. The Morgan fingerprint density at radius 2 is 2.33 bits per heavy atom. The van der Waals surface area contributed by atoms with E-state index in [9.17, 15) is 4.79 Å². The van der Waals surface area contributed by atoms with E-state index >= 15 is 0 Å². The number of hydrogen-bond donors (Lipinski definition) is 2. The molecule has 1 unspecified atom stereocenters. The van der Waals surface area contributed by atoms with Crippen LogP contribution in [0.15, 0.2) is 18.2 Å². The summed E-state index contributed by atoms with van der Waals surface area (Å²) in [4.78, 5) is 11.9. The van der Waals surface area contributed by atoms with Crippen molar-refractivity contribution in [2.24, 2.45) is 0 Å². The molecule has 0 aliphatic carbocycles. The van der Waals surface area contributed by atoms with Gasteiger partial charge >= 0.3 is 0 Å². The molecule has 1 aromatic carbocycles. The number of aryl methyl sites for hydroxylation is 1. The second-order valence-electron chi connectivity index (χ2n) is 4.83. The molecule has 1 atom stereocenters. The topological polar surface area (TPSA) is 64.3 Å². The molecule has 0 radical (unpaired) electrons. The number of carbonyl (C=O) groups excluding carboxylic acids is 1. The largest absolute Gasteiger partial charge is 0.397 e. The number of benzene rings is 1. The minimum absolute atomic E-state index is 0.0285. The summed E-state index contributed by atoms with van der Waals surface area (Å²) < 4.78 is 5.55. The van der Waals surface area contributed by atoms with Gasteiger partial charge in [-0.1, -0.05) is 6.07 Å². The van der Waals surface area contributed by atoms with E-state index in [0.29, 0.717) is 17.8 Å². The minimum Gasteiger partial charge on any atom is -0.397 e. The summed E-state index contributed by atoms with van der Waals surface area (Å²) in [5.41, 5.74) is 8.19. The van der Waals surface area contributed by atoms with Crippen molar-refractivity contribution in [1.29, 1.82) is 0 Å². The van der Waals surface area contributed by atoms with Crippen LogP contribution in [-0.4, -0.2) is 18.6 Å². The van der Waals surface area contributed by atoms with Crippen molar-refractivity contribution >= 4 is 17.3 Å². The van der Waals surface area contributed by atoms with Gasteiger partial charge in [-0.15, -0.1) is 0 Å². The lowest BCUT2D eigenvalue weighted by Gasteiger charge is -2.22. The van der Waals surface area contributed by atoms with Crippen molar-refractivity contribution in [2.75, 3.05) is 17.7 Å². The summed E-state index contributed by atoms with van der Waals surface area (Å²) in [7, 11) is 0. The van der Waals surface area contributed by atoms with E-state index in [-0.39, 0.29) is 12.0 Å². The maximum atomic E-state index is 11.9. The van der Waals surface area contributed by atoms with Crippen LogP contribution in [0.25, 0.3) is 0 Å². The standard InChI is InChI=1S/C14H20N2O2/c1-10-5-6-12(15)13(8-10)16-14(17)9-11-4-2-3-7-18-11/h5-6,8,11H,2-4,7,9,15H2,1H3,(H,16,17). The first kappa shape index (κ1) is 12.9. The third-order valence-electron chi connectivity index (χ3n) is 3.17. The average molecular weight is 248 g/mol. The second kappa shape index (κ2) is 5.87. The van der Waals surface area contributed by atoms with Crippen molar-refractivity contribution < 1.29 is 9.53 Å². The van der Waals surface area contributed by atoms with Crippen molar-refractivity contribution in [3.8, 4) is 0 Å². The van der Waals surface area contributed by atoms with E-state index in [4.69, 9.17) is 10.5 Å². The van der Waals surface area contributed by atoms with Gasteiger partial charge in [-0.05, 0) is 43.9 Å². The second-order valence-corrected chi connectivity index (χ2v) is 4.83. The zero-order valence-corrected chi connectivity index (χ0v) is 10.7. The van der Waals surface area contributed by atoms with Crippen LogP contribution in [0.5, 0.6) is 0 Å². The molecule has 0 spiro atoms. The Hall–Kier alpha value is -1.55. The number of nitrogen functional groups attached to an aromatic ring is 1. The van der Waals surface area contributed by atoms with Crippen molar-refractivity contribution in [3.63, 3.8) is 0 Å².